The number of halogens is 1. The molecule has 0 spiro atoms. The number of thioether (sulfide) groups is 1. The Balaban J connectivity index is 2.13. The first kappa shape index (κ1) is 13.4. The Morgan fingerprint density at radius 1 is 1.28 bits per heavy atom. The molecule has 1 aromatic carbocycles. The second kappa shape index (κ2) is 6.20. The molecule has 0 aliphatic carbocycles. The van der Waals surface area contributed by atoms with E-state index in [1.165, 1.54) is 5.56 Å². The van der Waals surface area contributed by atoms with Crippen molar-refractivity contribution in [1.29, 1.82) is 0 Å². The Morgan fingerprint density at radius 3 is 2.83 bits per heavy atom. The molecule has 1 N–H and O–H groups in total. The summed E-state index contributed by atoms with van der Waals surface area (Å²) < 4.78 is 1.08. The molecule has 1 heterocycles. The van der Waals surface area contributed by atoms with E-state index in [-0.39, 0.29) is 6.04 Å². The summed E-state index contributed by atoms with van der Waals surface area (Å²) in [5.74, 6) is 0.849. The van der Waals surface area contributed by atoms with Crippen molar-refractivity contribution >= 4 is 33.5 Å². The van der Waals surface area contributed by atoms with Crippen LogP contribution in [0.5, 0.6) is 0 Å². The van der Waals surface area contributed by atoms with Crippen LogP contribution in [0.4, 0.5) is 5.82 Å². The smallest absolute Gasteiger partial charge is 0.130 e. The Kier molecular flexibility index (Phi) is 4.60. The van der Waals surface area contributed by atoms with E-state index in [4.69, 9.17) is 0 Å². The molecule has 1 atom stereocenters. The Labute approximate surface area is 120 Å². The molecule has 3 nitrogen and oxygen atoms in total. The molecule has 0 saturated carbocycles. The number of hydrogen-bond acceptors (Lipinski definition) is 4. The van der Waals surface area contributed by atoms with Gasteiger partial charge in [0, 0.05) is 16.6 Å². The highest BCUT2D eigenvalue weighted by molar-refractivity contribution is 9.10. The summed E-state index contributed by atoms with van der Waals surface area (Å²) in [5.41, 5.74) is 1.22. The lowest BCUT2D eigenvalue weighted by Crippen LogP contribution is -2.08. The Morgan fingerprint density at radius 2 is 2.11 bits per heavy atom. The molecular formula is C13H14BrN3S. The molecule has 2 aromatic rings. The van der Waals surface area contributed by atoms with Gasteiger partial charge in [0.15, 0.2) is 0 Å². The van der Waals surface area contributed by atoms with E-state index in [9.17, 15) is 0 Å². The van der Waals surface area contributed by atoms with Crippen molar-refractivity contribution < 1.29 is 0 Å². The molecule has 0 aliphatic heterocycles. The first-order valence-corrected chi connectivity index (χ1v) is 7.59. The van der Waals surface area contributed by atoms with Gasteiger partial charge in [-0.05, 0) is 30.9 Å². The van der Waals surface area contributed by atoms with Gasteiger partial charge in [0.1, 0.15) is 17.2 Å². The fraction of sp³-hybridized carbons (Fsp3) is 0.231. The highest BCUT2D eigenvalue weighted by atomic mass is 79.9. The molecule has 0 saturated heterocycles. The zero-order valence-corrected chi connectivity index (χ0v) is 12.6. The summed E-state index contributed by atoms with van der Waals surface area (Å²) in [6, 6.07) is 10.4. The van der Waals surface area contributed by atoms with Crippen molar-refractivity contribution in [2.24, 2.45) is 0 Å². The van der Waals surface area contributed by atoms with Crippen LogP contribution in [0.25, 0.3) is 0 Å². The van der Waals surface area contributed by atoms with Gasteiger partial charge >= 0.3 is 0 Å². The molecule has 0 radical (unpaired) electrons. The van der Waals surface area contributed by atoms with E-state index in [0.717, 1.165) is 15.3 Å². The highest BCUT2D eigenvalue weighted by Crippen LogP contribution is 2.22. The third-order valence-corrected chi connectivity index (χ3v) is 3.70. The average molecular weight is 324 g/mol. The van der Waals surface area contributed by atoms with Gasteiger partial charge in [-0.15, -0.1) is 11.8 Å². The zero-order chi connectivity index (χ0) is 13.0. The molecule has 1 unspecified atom stereocenters. The monoisotopic (exact) mass is 323 g/mol. The summed E-state index contributed by atoms with van der Waals surface area (Å²) in [5, 5.41) is 4.34. The first-order chi connectivity index (χ1) is 8.69. The van der Waals surface area contributed by atoms with Gasteiger partial charge in [0.05, 0.1) is 0 Å². The molecule has 94 valence electrons. The van der Waals surface area contributed by atoms with Gasteiger partial charge in [-0.25, -0.2) is 9.97 Å². The summed E-state index contributed by atoms with van der Waals surface area (Å²) in [6.07, 6.45) is 3.59. The SMILES string of the molecule is CSc1cc(NC(C)c2cccc(Br)c2)ncn1. The fourth-order valence-corrected chi connectivity index (χ4v) is 2.41. The number of nitrogens with zero attached hydrogens (tertiary/aromatic N) is 2. The molecule has 0 aliphatic rings. The third-order valence-electron chi connectivity index (χ3n) is 2.56. The van der Waals surface area contributed by atoms with Crippen molar-refractivity contribution in [3.05, 3.63) is 46.7 Å². The van der Waals surface area contributed by atoms with Crippen molar-refractivity contribution in [1.82, 2.24) is 9.97 Å². The van der Waals surface area contributed by atoms with Crippen LogP contribution in [-0.4, -0.2) is 16.2 Å². The molecule has 5 heteroatoms. The van der Waals surface area contributed by atoms with Crippen molar-refractivity contribution in [3.8, 4) is 0 Å². The van der Waals surface area contributed by atoms with Gasteiger partial charge in [-0.1, -0.05) is 28.1 Å². The molecule has 2 rings (SSSR count). The number of rotatable bonds is 4. The maximum atomic E-state index is 4.23. The van der Waals surface area contributed by atoms with Crippen LogP contribution in [0, 0.1) is 0 Å². The van der Waals surface area contributed by atoms with E-state index >= 15 is 0 Å². The topological polar surface area (TPSA) is 37.8 Å². The second-order valence-electron chi connectivity index (χ2n) is 3.87. The normalized spacial score (nSPS) is 12.2. The van der Waals surface area contributed by atoms with Gasteiger partial charge in [-0.3, -0.25) is 0 Å². The van der Waals surface area contributed by atoms with Crippen LogP contribution in [0.15, 0.2) is 46.2 Å². The predicted octanol–water partition coefficient (Wildman–Crippen LogP) is 4.13. The standard InChI is InChI=1S/C13H14BrN3S/c1-9(10-4-3-5-11(14)6-10)17-12-7-13(18-2)16-8-15-12/h3-9H,1-2H3,(H,15,16,17). The van der Waals surface area contributed by atoms with Crippen molar-refractivity contribution in [2.75, 3.05) is 11.6 Å². The number of nitrogens with one attached hydrogen (secondary N) is 1. The number of hydrogen-bond donors (Lipinski definition) is 1. The zero-order valence-electron chi connectivity index (χ0n) is 10.2. The number of anilines is 1. The third kappa shape index (κ3) is 3.46. The summed E-state index contributed by atoms with van der Waals surface area (Å²) in [6.45, 7) is 2.11. The first-order valence-electron chi connectivity index (χ1n) is 5.57. The largest absolute Gasteiger partial charge is 0.363 e. The van der Waals surface area contributed by atoms with Crippen LogP contribution in [0.3, 0.4) is 0 Å². The van der Waals surface area contributed by atoms with E-state index in [1.807, 2.05) is 24.5 Å². The van der Waals surface area contributed by atoms with E-state index in [1.54, 1.807) is 18.1 Å². The summed E-state index contributed by atoms with van der Waals surface area (Å²) in [4.78, 5) is 8.38. The quantitative estimate of drug-likeness (QED) is 0.678. The van der Waals surface area contributed by atoms with Crippen LogP contribution < -0.4 is 5.32 Å². The van der Waals surface area contributed by atoms with Crippen molar-refractivity contribution in [2.45, 2.75) is 18.0 Å². The predicted molar refractivity (Wildman–Crippen MR) is 80.0 cm³/mol. The van der Waals surface area contributed by atoms with E-state index in [0.29, 0.717) is 0 Å². The molecule has 18 heavy (non-hydrogen) atoms. The number of aromatic nitrogens is 2. The lowest BCUT2D eigenvalue weighted by Gasteiger charge is -2.15. The van der Waals surface area contributed by atoms with Gasteiger partial charge in [0.2, 0.25) is 0 Å². The summed E-state index contributed by atoms with van der Waals surface area (Å²) >= 11 is 5.09. The maximum absolute atomic E-state index is 4.23. The van der Waals surface area contributed by atoms with E-state index < -0.39 is 0 Å². The fourth-order valence-electron chi connectivity index (χ4n) is 1.61. The molecule has 0 fully saturated rings. The van der Waals surface area contributed by atoms with Crippen LogP contribution in [0.2, 0.25) is 0 Å². The highest BCUT2D eigenvalue weighted by Gasteiger charge is 2.07. The summed E-state index contributed by atoms with van der Waals surface area (Å²) in [7, 11) is 0. The van der Waals surface area contributed by atoms with E-state index in [2.05, 4.69) is 50.3 Å². The lowest BCUT2D eigenvalue weighted by molar-refractivity contribution is 0.865. The van der Waals surface area contributed by atoms with Crippen LogP contribution >= 0.6 is 27.7 Å². The molecule has 0 bridgehead atoms. The second-order valence-corrected chi connectivity index (χ2v) is 5.61. The Bertz CT molecular complexity index is 533. The molecule has 1 aromatic heterocycles. The van der Waals surface area contributed by atoms with Crippen LogP contribution in [-0.2, 0) is 0 Å². The minimum absolute atomic E-state index is 0.201. The minimum atomic E-state index is 0.201. The molecular weight excluding hydrogens is 310 g/mol. The van der Waals surface area contributed by atoms with Crippen LogP contribution in [0.1, 0.15) is 18.5 Å². The minimum Gasteiger partial charge on any atom is -0.363 e. The lowest BCUT2D eigenvalue weighted by atomic mass is 10.1. The van der Waals surface area contributed by atoms with Crippen molar-refractivity contribution in [3.63, 3.8) is 0 Å². The Hall–Kier alpha value is -1.07. The van der Waals surface area contributed by atoms with Gasteiger partial charge in [-0.2, -0.15) is 0 Å². The maximum Gasteiger partial charge on any atom is 0.130 e. The average Bonchev–Trinajstić information content (AvgIpc) is 2.39. The van der Waals surface area contributed by atoms with Gasteiger partial charge in [0.25, 0.3) is 0 Å². The molecule has 0 amide bonds. The number of benzene rings is 1. The van der Waals surface area contributed by atoms with Gasteiger partial charge < -0.3 is 5.32 Å².